The van der Waals surface area contributed by atoms with Gasteiger partial charge in [0.1, 0.15) is 0 Å². The SMILES string of the molecule is CCC(Nc1cccc(SC)c1)c1ccccc1. The minimum atomic E-state index is 0.378. The first-order chi connectivity index (χ1) is 8.83. The van der Waals surface area contributed by atoms with Crippen LogP contribution in [0.5, 0.6) is 0 Å². The van der Waals surface area contributed by atoms with Crippen LogP contribution in [0.1, 0.15) is 24.9 Å². The molecule has 0 amide bonds. The van der Waals surface area contributed by atoms with Gasteiger partial charge in [0.25, 0.3) is 0 Å². The van der Waals surface area contributed by atoms with Gasteiger partial charge in [-0.3, -0.25) is 0 Å². The molecule has 0 fully saturated rings. The fraction of sp³-hybridized carbons (Fsp3) is 0.250. The van der Waals surface area contributed by atoms with Crippen molar-refractivity contribution >= 4 is 17.4 Å². The topological polar surface area (TPSA) is 12.0 Å². The number of nitrogens with one attached hydrogen (secondary N) is 1. The molecule has 2 rings (SSSR count). The lowest BCUT2D eigenvalue weighted by molar-refractivity contribution is 0.749. The molecule has 0 aliphatic heterocycles. The first-order valence-corrected chi connectivity index (χ1v) is 7.51. The van der Waals surface area contributed by atoms with E-state index in [2.05, 4.69) is 73.1 Å². The highest BCUT2D eigenvalue weighted by molar-refractivity contribution is 7.98. The van der Waals surface area contributed by atoms with Crippen molar-refractivity contribution in [3.8, 4) is 0 Å². The third-order valence-corrected chi connectivity index (χ3v) is 3.75. The fourth-order valence-corrected chi connectivity index (χ4v) is 2.48. The summed E-state index contributed by atoms with van der Waals surface area (Å²) in [5.41, 5.74) is 2.53. The molecule has 1 unspecified atom stereocenters. The lowest BCUT2D eigenvalue weighted by Crippen LogP contribution is -2.09. The average molecular weight is 257 g/mol. The Morgan fingerprint density at radius 3 is 2.50 bits per heavy atom. The van der Waals surface area contributed by atoms with Crippen LogP contribution in [-0.4, -0.2) is 6.26 Å². The van der Waals surface area contributed by atoms with E-state index in [1.54, 1.807) is 11.8 Å². The van der Waals surface area contributed by atoms with Gasteiger partial charge in [-0.15, -0.1) is 11.8 Å². The van der Waals surface area contributed by atoms with Crippen LogP contribution in [0.15, 0.2) is 59.5 Å². The monoisotopic (exact) mass is 257 g/mol. The quantitative estimate of drug-likeness (QED) is 0.759. The van der Waals surface area contributed by atoms with Gasteiger partial charge in [0.05, 0.1) is 6.04 Å². The largest absolute Gasteiger partial charge is 0.378 e. The molecule has 0 aliphatic rings. The average Bonchev–Trinajstić information content (AvgIpc) is 2.46. The van der Waals surface area contributed by atoms with E-state index in [-0.39, 0.29) is 0 Å². The molecule has 0 aliphatic carbocycles. The first kappa shape index (κ1) is 13.0. The summed E-state index contributed by atoms with van der Waals surface area (Å²) in [6.45, 7) is 2.21. The molecule has 0 saturated heterocycles. The summed E-state index contributed by atoms with van der Waals surface area (Å²) >= 11 is 1.77. The van der Waals surface area contributed by atoms with E-state index >= 15 is 0 Å². The van der Waals surface area contributed by atoms with Gasteiger partial charge in [-0.2, -0.15) is 0 Å². The number of thioether (sulfide) groups is 1. The Hall–Kier alpha value is -1.41. The summed E-state index contributed by atoms with van der Waals surface area (Å²) in [6, 6.07) is 19.6. The third kappa shape index (κ3) is 3.30. The summed E-state index contributed by atoms with van der Waals surface area (Å²) in [5, 5.41) is 3.61. The van der Waals surface area contributed by atoms with Crippen LogP contribution in [0.2, 0.25) is 0 Å². The molecule has 0 bridgehead atoms. The van der Waals surface area contributed by atoms with Gasteiger partial charge in [0, 0.05) is 10.6 Å². The van der Waals surface area contributed by atoms with Gasteiger partial charge < -0.3 is 5.32 Å². The Morgan fingerprint density at radius 1 is 1.06 bits per heavy atom. The van der Waals surface area contributed by atoms with Crippen molar-refractivity contribution in [3.05, 3.63) is 60.2 Å². The molecular weight excluding hydrogens is 238 g/mol. The molecule has 2 aromatic carbocycles. The molecule has 2 heteroatoms. The van der Waals surface area contributed by atoms with Crippen molar-refractivity contribution in [2.75, 3.05) is 11.6 Å². The minimum Gasteiger partial charge on any atom is -0.378 e. The number of hydrogen-bond acceptors (Lipinski definition) is 2. The Morgan fingerprint density at radius 2 is 1.83 bits per heavy atom. The zero-order valence-corrected chi connectivity index (χ0v) is 11.7. The van der Waals surface area contributed by atoms with Crippen LogP contribution in [0.25, 0.3) is 0 Å². The van der Waals surface area contributed by atoms with Crippen molar-refractivity contribution < 1.29 is 0 Å². The summed E-state index contributed by atoms with van der Waals surface area (Å²) in [4.78, 5) is 1.29. The maximum absolute atomic E-state index is 3.61. The first-order valence-electron chi connectivity index (χ1n) is 6.29. The Kier molecular flexibility index (Phi) is 4.71. The van der Waals surface area contributed by atoms with Crippen molar-refractivity contribution in [1.82, 2.24) is 0 Å². The highest BCUT2D eigenvalue weighted by Gasteiger charge is 2.08. The number of anilines is 1. The van der Waals surface area contributed by atoms with Crippen LogP contribution < -0.4 is 5.32 Å². The van der Waals surface area contributed by atoms with Crippen LogP contribution >= 0.6 is 11.8 Å². The maximum atomic E-state index is 3.61. The molecule has 1 atom stereocenters. The van der Waals surface area contributed by atoms with Gasteiger partial charge in [-0.1, -0.05) is 43.3 Å². The molecule has 0 radical (unpaired) electrons. The minimum absolute atomic E-state index is 0.378. The maximum Gasteiger partial charge on any atom is 0.0511 e. The Bertz CT molecular complexity index is 481. The summed E-state index contributed by atoms with van der Waals surface area (Å²) in [6.07, 6.45) is 3.18. The van der Waals surface area contributed by atoms with Crippen molar-refractivity contribution in [2.24, 2.45) is 0 Å². The van der Waals surface area contributed by atoms with Crippen molar-refractivity contribution in [1.29, 1.82) is 0 Å². The molecular formula is C16H19NS. The smallest absolute Gasteiger partial charge is 0.0511 e. The van der Waals surface area contributed by atoms with Crippen molar-refractivity contribution in [2.45, 2.75) is 24.3 Å². The Balaban J connectivity index is 2.15. The van der Waals surface area contributed by atoms with E-state index in [1.807, 2.05) is 0 Å². The normalized spacial score (nSPS) is 12.1. The second-order valence-electron chi connectivity index (χ2n) is 4.25. The number of rotatable bonds is 5. The molecule has 0 spiro atoms. The molecule has 94 valence electrons. The number of hydrogen-bond donors (Lipinski definition) is 1. The van der Waals surface area contributed by atoms with Crippen LogP contribution in [0.3, 0.4) is 0 Å². The molecule has 2 aromatic rings. The standard InChI is InChI=1S/C16H19NS/c1-3-16(13-8-5-4-6-9-13)17-14-10-7-11-15(12-14)18-2/h4-12,16-17H,3H2,1-2H3. The zero-order chi connectivity index (χ0) is 12.8. The van der Waals surface area contributed by atoms with Crippen molar-refractivity contribution in [3.63, 3.8) is 0 Å². The van der Waals surface area contributed by atoms with Crippen LogP contribution in [0.4, 0.5) is 5.69 Å². The van der Waals surface area contributed by atoms with Gasteiger partial charge in [-0.25, -0.2) is 0 Å². The summed E-state index contributed by atoms with van der Waals surface area (Å²) in [7, 11) is 0. The van der Waals surface area contributed by atoms with E-state index < -0.39 is 0 Å². The Labute approximate surface area is 114 Å². The van der Waals surface area contributed by atoms with Gasteiger partial charge in [0.15, 0.2) is 0 Å². The second kappa shape index (κ2) is 6.50. The van der Waals surface area contributed by atoms with E-state index in [9.17, 15) is 0 Å². The van der Waals surface area contributed by atoms with E-state index in [1.165, 1.54) is 16.1 Å². The highest BCUT2D eigenvalue weighted by atomic mass is 32.2. The highest BCUT2D eigenvalue weighted by Crippen LogP contribution is 2.25. The predicted molar refractivity (Wildman–Crippen MR) is 81.3 cm³/mol. The molecule has 0 aromatic heterocycles. The van der Waals surface area contributed by atoms with E-state index in [4.69, 9.17) is 0 Å². The number of benzene rings is 2. The van der Waals surface area contributed by atoms with Gasteiger partial charge >= 0.3 is 0 Å². The predicted octanol–water partition coefficient (Wildman–Crippen LogP) is 4.97. The van der Waals surface area contributed by atoms with Crippen LogP contribution in [-0.2, 0) is 0 Å². The van der Waals surface area contributed by atoms with Gasteiger partial charge in [-0.05, 0) is 36.4 Å². The van der Waals surface area contributed by atoms with E-state index in [0.717, 1.165) is 6.42 Å². The molecule has 1 N–H and O–H groups in total. The summed E-state index contributed by atoms with van der Waals surface area (Å²) < 4.78 is 0. The summed E-state index contributed by atoms with van der Waals surface area (Å²) in [5.74, 6) is 0. The third-order valence-electron chi connectivity index (χ3n) is 3.02. The lowest BCUT2D eigenvalue weighted by Gasteiger charge is -2.19. The zero-order valence-electron chi connectivity index (χ0n) is 10.9. The second-order valence-corrected chi connectivity index (χ2v) is 5.13. The molecule has 18 heavy (non-hydrogen) atoms. The van der Waals surface area contributed by atoms with E-state index in [0.29, 0.717) is 6.04 Å². The van der Waals surface area contributed by atoms with Gasteiger partial charge in [0.2, 0.25) is 0 Å². The fourth-order valence-electron chi connectivity index (χ4n) is 2.02. The molecule has 1 nitrogen and oxygen atoms in total. The molecule has 0 heterocycles. The lowest BCUT2D eigenvalue weighted by atomic mass is 10.0. The van der Waals surface area contributed by atoms with Crippen LogP contribution in [0, 0.1) is 0 Å². The molecule has 0 saturated carbocycles.